The van der Waals surface area contributed by atoms with Gasteiger partial charge in [0, 0.05) is 24.2 Å². The number of fused-ring (bicyclic) bond motifs is 1. The number of imidazole rings is 1. The van der Waals surface area contributed by atoms with E-state index in [1.165, 1.54) is 0 Å². The van der Waals surface area contributed by atoms with E-state index in [0.717, 1.165) is 24.9 Å². The van der Waals surface area contributed by atoms with Crippen LogP contribution in [0.25, 0.3) is 5.65 Å². The van der Waals surface area contributed by atoms with E-state index >= 15 is 0 Å². The van der Waals surface area contributed by atoms with E-state index in [0.29, 0.717) is 40.1 Å². The molecule has 0 aliphatic rings. The van der Waals surface area contributed by atoms with Crippen molar-refractivity contribution in [3.05, 3.63) is 64.0 Å². The molecule has 2 aromatic heterocycles. The molecule has 0 aliphatic heterocycles. The number of rotatable bonds is 8. The summed E-state index contributed by atoms with van der Waals surface area (Å²) in [7, 11) is 0. The van der Waals surface area contributed by atoms with Gasteiger partial charge in [-0.1, -0.05) is 35.7 Å². The predicted octanol–water partition coefficient (Wildman–Crippen LogP) is 4.88. The molecule has 0 bridgehead atoms. The average molecular weight is 433 g/mol. The molecule has 0 atom stereocenters. The molecule has 0 fully saturated rings. The first kappa shape index (κ1) is 21.1. The van der Waals surface area contributed by atoms with Gasteiger partial charge >= 0.3 is 0 Å². The van der Waals surface area contributed by atoms with Crippen LogP contribution < -0.4 is 10.6 Å². The molecule has 0 saturated heterocycles. The van der Waals surface area contributed by atoms with Crippen LogP contribution in [-0.4, -0.2) is 27.7 Å². The van der Waals surface area contributed by atoms with Crippen molar-refractivity contribution in [2.45, 2.75) is 32.6 Å². The molecule has 0 saturated carbocycles. The van der Waals surface area contributed by atoms with Gasteiger partial charge < -0.3 is 10.6 Å². The highest BCUT2D eigenvalue weighted by atomic mass is 35.5. The van der Waals surface area contributed by atoms with E-state index in [2.05, 4.69) is 15.6 Å². The highest BCUT2D eigenvalue weighted by Crippen LogP contribution is 2.25. The number of benzene rings is 1. The van der Waals surface area contributed by atoms with Crippen molar-refractivity contribution < 1.29 is 9.59 Å². The number of amides is 2. The highest BCUT2D eigenvalue weighted by molar-refractivity contribution is 6.36. The zero-order chi connectivity index (χ0) is 20.8. The number of aryl methyl sites for hydroxylation is 1. The van der Waals surface area contributed by atoms with Crippen molar-refractivity contribution >= 4 is 46.4 Å². The van der Waals surface area contributed by atoms with Crippen molar-refractivity contribution in [2.75, 3.05) is 11.9 Å². The number of carbonyl (C=O) groups excluding carboxylic acids is 2. The van der Waals surface area contributed by atoms with Crippen molar-refractivity contribution in [3.8, 4) is 0 Å². The summed E-state index contributed by atoms with van der Waals surface area (Å²) in [6, 6.07) is 10.6. The van der Waals surface area contributed by atoms with Crippen molar-refractivity contribution in [1.29, 1.82) is 0 Å². The molecule has 3 aromatic rings. The van der Waals surface area contributed by atoms with Crippen LogP contribution in [0.15, 0.2) is 42.6 Å². The van der Waals surface area contributed by atoms with Gasteiger partial charge in [0.05, 0.1) is 16.4 Å². The summed E-state index contributed by atoms with van der Waals surface area (Å²) in [5.41, 5.74) is 2.56. The molecule has 0 unspecified atom stereocenters. The Hall–Kier alpha value is -2.57. The first-order valence-corrected chi connectivity index (χ1v) is 10.2. The number of halogens is 2. The second-order valence-electron chi connectivity index (χ2n) is 6.71. The first-order valence-electron chi connectivity index (χ1n) is 9.42. The van der Waals surface area contributed by atoms with Crippen LogP contribution in [0.4, 0.5) is 5.69 Å². The monoisotopic (exact) mass is 432 g/mol. The summed E-state index contributed by atoms with van der Waals surface area (Å²) in [4.78, 5) is 28.9. The van der Waals surface area contributed by atoms with Crippen molar-refractivity contribution in [2.24, 2.45) is 0 Å². The number of pyridine rings is 1. The molecule has 6 nitrogen and oxygen atoms in total. The van der Waals surface area contributed by atoms with E-state index in [9.17, 15) is 9.59 Å². The molecular formula is C21H22Cl2N4O2. The van der Waals surface area contributed by atoms with Gasteiger partial charge in [0.1, 0.15) is 11.3 Å². The molecule has 2 heterocycles. The molecule has 29 heavy (non-hydrogen) atoms. The van der Waals surface area contributed by atoms with Crippen LogP contribution in [0.1, 0.15) is 41.9 Å². The number of unbranched alkanes of at least 4 members (excludes halogenated alkanes) is 2. The molecular weight excluding hydrogens is 411 g/mol. The number of carbonyl (C=O) groups is 2. The Labute approximate surface area is 179 Å². The van der Waals surface area contributed by atoms with E-state index in [1.807, 2.05) is 31.3 Å². The molecule has 2 N–H and O–H groups in total. The minimum atomic E-state index is -0.142. The number of nitrogens with one attached hydrogen (secondary N) is 2. The van der Waals surface area contributed by atoms with Crippen molar-refractivity contribution in [3.63, 3.8) is 0 Å². The second-order valence-corrected chi connectivity index (χ2v) is 7.56. The van der Waals surface area contributed by atoms with E-state index < -0.39 is 0 Å². The zero-order valence-corrected chi connectivity index (χ0v) is 17.6. The maximum absolute atomic E-state index is 12.5. The van der Waals surface area contributed by atoms with Gasteiger partial charge in [0.2, 0.25) is 5.91 Å². The molecule has 0 aliphatic carbocycles. The Morgan fingerprint density at radius 1 is 1.10 bits per heavy atom. The van der Waals surface area contributed by atoms with Gasteiger partial charge in [-0.3, -0.25) is 14.0 Å². The minimum Gasteiger partial charge on any atom is -0.351 e. The maximum atomic E-state index is 12.5. The summed E-state index contributed by atoms with van der Waals surface area (Å²) in [5, 5.41) is 6.64. The zero-order valence-electron chi connectivity index (χ0n) is 16.0. The van der Waals surface area contributed by atoms with Gasteiger partial charge in [-0.05, 0) is 50.1 Å². The number of aromatic nitrogens is 2. The molecule has 0 spiro atoms. The normalized spacial score (nSPS) is 10.9. The van der Waals surface area contributed by atoms with E-state index in [4.69, 9.17) is 23.2 Å². The van der Waals surface area contributed by atoms with Gasteiger partial charge in [-0.2, -0.15) is 0 Å². The topological polar surface area (TPSA) is 75.5 Å². The summed E-state index contributed by atoms with van der Waals surface area (Å²) in [6.07, 6.45) is 4.56. The third-order valence-corrected chi connectivity index (χ3v) is 5.04. The van der Waals surface area contributed by atoms with Gasteiger partial charge in [-0.25, -0.2) is 4.98 Å². The van der Waals surface area contributed by atoms with Crippen molar-refractivity contribution in [1.82, 2.24) is 14.7 Å². The third kappa shape index (κ3) is 5.49. The van der Waals surface area contributed by atoms with Crippen LogP contribution in [-0.2, 0) is 4.79 Å². The summed E-state index contributed by atoms with van der Waals surface area (Å²) in [5.74, 6) is -0.240. The first-order chi connectivity index (χ1) is 14.0. The number of hydrogen-bond donors (Lipinski definition) is 2. The lowest BCUT2D eigenvalue weighted by Gasteiger charge is -2.08. The summed E-state index contributed by atoms with van der Waals surface area (Å²) < 4.78 is 1.79. The Kier molecular flexibility index (Phi) is 7.12. The summed E-state index contributed by atoms with van der Waals surface area (Å²) in [6.45, 7) is 2.37. The van der Waals surface area contributed by atoms with Crippen LogP contribution in [0.3, 0.4) is 0 Å². The lowest BCUT2D eigenvalue weighted by atomic mass is 10.2. The standard InChI is InChI=1S/C21H22Cl2N4O2/c1-14-20(27-12-6-4-7-18(27)25-14)21(29)24-11-5-2-3-8-19(28)26-17-10-9-15(22)13-16(17)23/h4,6-7,9-10,12-13H,2-3,5,8,11H2,1H3,(H,24,29)(H,26,28). The minimum absolute atomic E-state index is 0.0976. The largest absolute Gasteiger partial charge is 0.351 e. The highest BCUT2D eigenvalue weighted by Gasteiger charge is 2.15. The Morgan fingerprint density at radius 2 is 1.93 bits per heavy atom. The fourth-order valence-electron chi connectivity index (χ4n) is 3.06. The Balaban J connectivity index is 1.38. The number of hydrogen-bond acceptors (Lipinski definition) is 3. The molecule has 3 rings (SSSR count). The molecule has 8 heteroatoms. The fraction of sp³-hybridized carbons (Fsp3) is 0.286. The predicted molar refractivity (Wildman–Crippen MR) is 116 cm³/mol. The smallest absolute Gasteiger partial charge is 0.270 e. The van der Waals surface area contributed by atoms with Crippen LogP contribution in [0.5, 0.6) is 0 Å². The molecule has 2 amide bonds. The number of anilines is 1. The van der Waals surface area contributed by atoms with Gasteiger partial charge in [0.25, 0.3) is 5.91 Å². The van der Waals surface area contributed by atoms with Crippen LogP contribution in [0, 0.1) is 6.92 Å². The van der Waals surface area contributed by atoms with Crippen LogP contribution >= 0.6 is 23.2 Å². The lowest BCUT2D eigenvalue weighted by Crippen LogP contribution is -2.26. The van der Waals surface area contributed by atoms with Crippen LogP contribution in [0.2, 0.25) is 10.0 Å². The fourth-order valence-corrected chi connectivity index (χ4v) is 3.52. The molecule has 1 aromatic carbocycles. The van der Waals surface area contributed by atoms with E-state index in [1.54, 1.807) is 22.6 Å². The second kappa shape index (κ2) is 9.76. The van der Waals surface area contributed by atoms with Gasteiger partial charge in [0.15, 0.2) is 0 Å². The maximum Gasteiger partial charge on any atom is 0.270 e. The third-order valence-electron chi connectivity index (χ3n) is 4.49. The lowest BCUT2D eigenvalue weighted by molar-refractivity contribution is -0.116. The molecule has 0 radical (unpaired) electrons. The Morgan fingerprint density at radius 3 is 2.72 bits per heavy atom. The average Bonchev–Trinajstić information content (AvgIpc) is 3.02. The van der Waals surface area contributed by atoms with E-state index in [-0.39, 0.29) is 11.8 Å². The summed E-state index contributed by atoms with van der Waals surface area (Å²) >= 11 is 11.9. The SMILES string of the molecule is Cc1nc2ccccn2c1C(=O)NCCCCCC(=O)Nc1ccc(Cl)cc1Cl. The Bertz CT molecular complexity index is 1030. The van der Waals surface area contributed by atoms with Gasteiger partial charge in [-0.15, -0.1) is 0 Å². The quantitative estimate of drug-likeness (QED) is 0.498. The molecule has 152 valence electrons. The number of nitrogens with zero attached hydrogens (tertiary/aromatic N) is 2.